The summed E-state index contributed by atoms with van der Waals surface area (Å²) >= 11 is 0. The topological polar surface area (TPSA) is 44.4 Å². The van der Waals surface area contributed by atoms with E-state index in [2.05, 4.69) is 46.1 Å². The van der Waals surface area contributed by atoms with Crippen molar-refractivity contribution in [2.45, 2.75) is 43.7 Å². The van der Waals surface area contributed by atoms with Gasteiger partial charge in [-0.25, -0.2) is 5.43 Å². The van der Waals surface area contributed by atoms with Gasteiger partial charge in [0, 0.05) is 31.0 Å². The summed E-state index contributed by atoms with van der Waals surface area (Å²) in [5, 5.41) is 0. The Kier molecular flexibility index (Phi) is 3.43. The van der Waals surface area contributed by atoms with E-state index in [4.69, 9.17) is 0 Å². The molecule has 0 spiro atoms. The molecule has 4 unspecified atom stereocenters. The molecule has 1 aromatic carbocycles. The van der Waals surface area contributed by atoms with Gasteiger partial charge in [0.05, 0.1) is 0 Å². The van der Waals surface area contributed by atoms with Crippen LogP contribution in [0.15, 0.2) is 30.3 Å². The number of nitrogens with one attached hydrogen (secondary N) is 2. The van der Waals surface area contributed by atoms with Crippen molar-refractivity contribution in [1.29, 1.82) is 0 Å². The number of carbonyl (C=O) groups is 1. The number of carbonyl (C=O) groups excluding carboxylic acids is 1. The van der Waals surface area contributed by atoms with Crippen LogP contribution in [-0.2, 0) is 4.79 Å². The van der Waals surface area contributed by atoms with E-state index in [1.54, 1.807) is 0 Å². The Hall–Kier alpha value is -1.39. The van der Waals surface area contributed by atoms with Gasteiger partial charge in [0.1, 0.15) is 6.04 Å². The van der Waals surface area contributed by atoms with Crippen molar-refractivity contribution in [1.82, 2.24) is 15.8 Å². The summed E-state index contributed by atoms with van der Waals surface area (Å²) in [6.07, 6.45) is 4.72. The molecule has 112 valence electrons. The maximum atomic E-state index is 12.8. The van der Waals surface area contributed by atoms with E-state index in [-0.39, 0.29) is 6.04 Å². The second-order valence-electron chi connectivity index (χ2n) is 6.65. The maximum absolute atomic E-state index is 12.8. The zero-order valence-electron chi connectivity index (χ0n) is 12.3. The van der Waals surface area contributed by atoms with Crippen molar-refractivity contribution in [3.05, 3.63) is 35.9 Å². The van der Waals surface area contributed by atoms with E-state index in [9.17, 15) is 4.79 Å². The largest absolute Gasteiger partial charge is 0.341 e. The summed E-state index contributed by atoms with van der Waals surface area (Å²) in [5.74, 6) is 1.30. The summed E-state index contributed by atoms with van der Waals surface area (Å²) in [5.41, 5.74) is 7.93. The number of hydrogen-bond donors (Lipinski definition) is 2. The van der Waals surface area contributed by atoms with Crippen molar-refractivity contribution in [3.8, 4) is 0 Å². The van der Waals surface area contributed by atoms with E-state index < -0.39 is 0 Å². The highest BCUT2D eigenvalue weighted by Gasteiger charge is 2.44. The molecule has 0 radical (unpaired) electrons. The second kappa shape index (κ2) is 5.43. The summed E-state index contributed by atoms with van der Waals surface area (Å²) in [4.78, 5) is 14.9. The van der Waals surface area contributed by atoms with Crippen LogP contribution in [0.5, 0.6) is 0 Å². The number of amides is 1. The molecular formula is C17H23N3O. The fourth-order valence-electron chi connectivity index (χ4n) is 4.27. The van der Waals surface area contributed by atoms with E-state index in [0.29, 0.717) is 23.8 Å². The SMILES string of the molecule is O=C(C1NNC2CCCC21)N1CCC(c2ccccc2)C1. The Morgan fingerprint density at radius 3 is 2.81 bits per heavy atom. The Morgan fingerprint density at radius 2 is 1.95 bits per heavy atom. The molecule has 1 aromatic rings. The molecule has 3 aliphatic rings. The fraction of sp³-hybridized carbons (Fsp3) is 0.588. The lowest BCUT2D eigenvalue weighted by atomic mass is 9.96. The van der Waals surface area contributed by atoms with E-state index in [1.807, 2.05) is 0 Å². The lowest BCUT2D eigenvalue weighted by Crippen LogP contribution is -2.47. The molecule has 2 aliphatic heterocycles. The van der Waals surface area contributed by atoms with Crippen LogP contribution in [-0.4, -0.2) is 36.0 Å². The molecule has 3 fully saturated rings. The average molecular weight is 285 g/mol. The Morgan fingerprint density at radius 1 is 1.10 bits per heavy atom. The van der Waals surface area contributed by atoms with Gasteiger partial charge in [-0.2, -0.15) is 0 Å². The van der Waals surface area contributed by atoms with Gasteiger partial charge in [0.15, 0.2) is 0 Å². The normalized spacial score (nSPS) is 35.1. The van der Waals surface area contributed by atoms with Crippen molar-refractivity contribution in [2.24, 2.45) is 5.92 Å². The summed E-state index contributed by atoms with van der Waals surface area (Å²) in [6, 6.07) is 11.1. The minimum Gasteiger partial charge on any atom is -0.341 e. The second-order valence-corrected chi connectivity index (χ2v) is 6.65. The van der Waals surface area contributed by atoms with Gasteiger partial charge in [0.25, 0.3) is 0 Å². The van der Waals surface area contributed by atoms with Crippen LogP contribution in [0.1, 0.15) is 37.2 Å². The minimum atomic E-state index is -0.00739. The van der Waals surface area contributed by atoms with Crippen LogP contribution < -0.4 is 10.9 Å². The predicted octanol–water partition coefficient (Wildman–Crippen LogP) is 1.65. The molecule has 2 heterocycles. The molecule has 4 atom stereocenters. The molecule has 21 heavy (non-hydrogen) atoms. The van der Waals surface area contributed by atoms with Crippen LogP contribution in [0.4, 0.5) is 0 Å². The lowest BCUT2D eigenvalue weighted by molar-refractivity contribution is -0.133. The fourth-order valence-corrected chi connectivity index (χ4v) is 4.27. The maximum Gasteiger partial charge on any atom is 0.241 e. The standard InChI is InChI=1S/C17H23N3O/c21-17(16-14-7-4-8-15(14)18-19-16)20-10-9-13(11-20)12-5-2-1-3-6-12/h1-3,5-6,13-16,18-19H,4,7-11H2. The minimum absolute atomic E-state index is 0.00739. The highest BCUT2D eigenvalue weighted by molar-refractivity contribution is 5.83. The Labute approximate surface area is 125 Å². The third-order valence-corrected chi connectivity index (χ3v) is 5.46. The van der Waals surface area contributed by atoms with E-state index in [1.165, 1.54) is 24.8 Å². The van der Waals surface area contributed by atoms with Gasteiger partial charge in [-0.1, -0.05) is 36.8 Å². The first kappa shape index (κ1) is 13.3. The summed E-state index contributed by atoms with van der Waals surface area (Å²) in [7, 11) is 0. The first-order valence-corrected chi connectivity index (χ1v) is 8.18. The van der Waals surface area contributed by atoms with E-state index >= 15 is 0 Å². The predicted molar refractivity (Wildman–Crippen MR) is 81.6 cm³/mol. The number of hydrazine groups is 1. The van der Waals surface area contributed by atoms with Gasteiger partial charge >= 0.3 is 0 Å². The molecule has 2 N–H and O–H groups in total. The monoisotopic (exact) mass is 285 g/mol. The van der Waals surface area contributed by atoms with Gasteiger partial charge in [-0.15, -0.1) is 0 Å². The van der Waals surface area contributed by atoms with Gasteiger partial charge < -0.3 is 4.90 Å². The van der Waals surface area contributed by atoms with Crippen molar-refractivity contribution in [3.63, 3.8) is 0 Å². The molecule has 4 rings (SSSR count). The summed E-state index contributed by atoms with van der Waals surface area (Å²) < 4.78 is 0. The molecule has 4 nitrogen and oxygen atoms in total. The van der Waals surface area contributed by atoms with E-state index in [0.717, 1.165) is 19.5 Å². The molecule has 1 aliphatic carbocycles. The van der Waals surface area contributed by atoms with Gasteiger partial charge in [0.2, 0.25) is 5.91 Å². The van der Waals surface area contributed by atoms with Gasteiger partial charge in [-0.05, 0) is 24.8 Å². The van der Waals surface area contributed by atoms with Crippen molar-refractivity contribution in [2.75, 3.05) is 13.1 Å². The molecular weight excluding hydrogens is 262 g/mol. The molecule has 1 saturated carbocycles. The van der Waals surface area contributed by atoms with Crippen LogP contribution in [0.3, 0.4) is 0 Å². The highest BCUT2D eigenvalue weighted by Crippen LogP contribution is 2.34. The smallest absolute Gasteiger partial charge is 0.241 e. The quantitative estimate of drug-likeness (QED) is 0.868. The molecule has 0 bridgehead atoms. The summed E-state index contributed by atoms with van der Waals surface area (Å²) in [6.45, 7) is 1.77. The van der Waals surface area contributed by atoms with Crippen LogP contribution in [0.25, 0.3) is 0 Å². The first-order chi connectivity index (χ1) is 10.3. The number of hydrogen-bond acceptors (Lipinski definition) is 3. The Balaban J connectivity index is 1.42. The van der Waals surface area contributed by atoms with Crippen LogP contribution >= 0.6 is 0 Å². The number of likely N-dealkylation sites (tertiary alicyclic amines) is 1. The molecule has 0 aromatic heterocycles. The third kappa shape index (κ3) is 2.36. The zero-order valence-corrected chi connectivity index (χ0v) is 12.3. The Bertz CT molecular complexity index is 518. The lowest BCUT2D eigenvalue weighted by Gasteiger charge is -2.23. The molecule has 4 heteroatoms. The molecule has 2 saturated heterocycles. The zero-order chi connectivity index (χ0) is 14.2. The number of rotatable bonds is 2. The molecule has 1 amide bonds. The number of fused-ring (bicyclic) bond motifs is 1. The number of benzene rings is 1. The van der Waals surface area contributed by atoms with Crippen LogP contribution in [0, 0.1) is 5.92 Å². The van der Waals surface area contributed by atoms with Crippen molar-refractivity contribution < 1.29 is 4.79 Å². The van der Waals surface area contributed by atoms with Gasteiger partial charge in [-0.3, -0.25) is 10.2 Å². The van der Waals surface area contributed by atoms with Crippen LogP contribution in [0.2, 0.25) is 0 Å². The average Bonchev–Trinajstić information content (AvgIpc) is 3.23. The number of nitrogens with zero attached hydrogens (tertiary/aromatic N) is 1. The third-order valence-electron chi connectivity index (χ3n) is 5.46. The van der Waals surface area contributed by atoms with Crippen molar-refractivity contribution >= 4 is 5.91 Å². The first-order valence-electron chi connectivity index (χ1n) is 8.18. The highest BCUT2D eigenvalue weighted by atomic mass is 16.2.